The van der Waals surface area contributed by atoms with Crippen molar-refractivity contribution in [1.82, 2.24) is 10.2 Å². The molecule has 0 bridgehead atoms. The van der Waals surface area contributed by atoms with Crippen LogP contribution in [0.3, 0.4) is 0 Å². The standard InChI is InChI=1S/C14H30N2O/c1-4-9-15-10-14(12-17-3)16(2)11-13-7-5-6-8-13/h13-15H,4-12H2,1-3H3. The van der Waals surface area contributed by atoms with E-state index in [0.717, 1.165) is 25.6 Å². The number of ether oxygens (including phenoxy) is 1. The fraction of sp³-hybridized carbons (Fsp3) is 1.00. The van der Waals surface area contributed by atoms with Gasteiger partial charge in [0.15, 0.2) is 0 Å². The molecule has 0 aliphatic heterocycles. The quantitative estimate of drug-likeness (QED) is 0.627. The molecule has 0 saturated heterocycles. The molecule has 0 amide bonds. The first kappa shape index (κ1) is 14.9. The van der Waals surface area contributed by atoms with Crippen LogP contribution in [0.5, 0.6) is 0 Å². The van der Waals surface area contributed by atoms with E-state index in [1.54, 1.807) is 7.11 Å². The van der Waals surface area contributed by atoms with E-state index >= 15 is 0 Å². The number of likely N-dealkylation sites (N-methyl/N-ethyl adjacent to an activating group) is 1. The Balaban J connectivity index is 2.27. The van der Waals surface area contributed by atoms with E-state index in [-0.39, 0.29) is 0 Å². The van der Waals surface area contributed by atoms with Gasteiger partial charge in [-0.25, -0.2) is 0 Å². The molecule has 102 valence electrons. The second-order valence-corrected chi connectivity index (χ2v) is 5.40. The normalized spacial score (nSPS) is 19.1. The van der Waals surface area contributed by atoms with Crippen LogP contribution in [-0.4, -0.2) is 51.3 Å². The summed E-state index contributed by atoms with van der Waals surface area (Å²) in [4.78, 5) is 2.49. The van der Waals surface area contributed by atoms with Gasteiger partial charge in [0.25, 0.3) is 0 Å². The lowest BCUT2D eigenvalue weighted by Crippen LogP contribution is -2.44. The van der Waals surface area contributed by atoms with Crippen LogP contribution in [-0.2, 0) is 4.74 Å². The number of nitrogens with zero attached hydrogens (tertiary/aromatic N) is 1. The van der Waals surface area contributed by atoms with Crippen molar-refractivity contribution in [3.05, 3.63) is 0 Å². The molecule has 0 radical (unpaired) electrons. The summed E-state index contributed by atoms with van der Waals surface area (Å²) in [7, 11) is 4.05. The molecule has 1 N–H and O–H groups in total. The molecule has 3 nitrogen and oxygen atoms in total. The summed E-state index contributed by atoms with van der Waals surface area (Å²) in [6, 6.07) is 0.521. The van der Waals surface area contributed by atoms with Crippen LogP contribution < -0.4 is 5.32 Å². The Kier molecular flexibility index (Phi) is 7.82. The van der Waals surface area contributed by atoms with E-state index < -0.39 is 0 Å². The van der Waals surface area contributed by atoms with Crippen LogP contribution in [0.2, 0.25) is 0 Å². The first-order valence-corrected chi connectivity index (χ1v) is 7.17. The Morgan fingerprint density at radius 2 is 2.06 bits per heavy atom. The van der Waals surface area contributed by atoms with Crippen LogP contribution in [0.15, 0.2) is 0 Å². The molecule has 1 atom stereocenters. The van der Waals surface area contributed by atoms with Crippen molar-refractivity contribution in [2.24, 2.45) is 5.92 Å². The third-order valence-corrected chi connectivity index (χ3v) is 3.81. The Hall–Kier alpha value is -0.120. The summed E-state index contributed by atoms with van der Waals surface area (Å²) in [5.74, 6) is 0.922. The molecule has 0 aromatic rings. The molecule has 1 aliphatic rings. The van der Waals surface area contributed by atoms with Crippen molar-refractivity contribution in [3.8, 4) is 0 Å². The smallest absolute Gasteiger partial charge is 0.0630 e. The van der Waals surface area contributed by atoms with E-state index in [1.165, 1.54) is 38.6 Å². The molecule has 1 fully saturated rings. The minimum Gasteiger partial charge on any atom is -0.383 e. The van der Waals surface area contributed by atoms with Gasteiger partial charge in [-0.1, -0.05) is 19.8 Å². The number of methoxy groups -OCH3 is 1. The second-order valence-electron chi connectivity index (χ2n) is 5.40. The molecule has 0 heterocycles. The molecular formula is C14H30N2O. The summed E-state index contributed by atoms with van der Waals surface area (Å²) in [6.07, 6.45) is 6.91. The van der Waals surface area contributed by atoms with Gasteiger partial charge >= 0.3 is 0 Å². The summed E-state index contributed by atoms with van der Waals surface area (Å²) >= 11 is 0. The first-order chi connectivity index (χ1) is 8.27. The average Bonchev–Trinajstić information content (AvgIpc) is 2.81. The highest BCUT2D eigenvalue weighted by Crippen LogP contribution is 2.25. The van der Waals surface area contributed by atoms with Crippen molar-refractivity contribution in [2.45, 2.75) is 45.1 Å². The zero-order chi connectivity index (χ0) is 12.5. The fourth-order valence-electron chi connectivity index (χ4n) is 2.73. The molecular weight excluding hydrogens is 212 g/mol. The van der Waals surface area contributed by atoms with Crippen LogP contribution in [0, 0.1) is 5.92 Å². The van der Waals surface area contributed by atoms with E-state index in [4.69, 9.17) is 4.74 Å². The van der Waals surface area contributed by atoms with Gasteiger partial charge in [0.05, 0.1) is 6.61 Å². The van der Waals surface area contributed by atoms with Crippen molar-refractivity contribution in [1.29, 1.82) is 0 Å². The second kappa shape index (κ2) is 8.90. The summed E-state index contributed by atoms with van der Waals surface area (Å²) in [5.41, 5.74) is 0. The van der Waals surface area contributed by atoms with Gasteiger partial charge < -0.3 is 10.1 Å². The molecule has 1 aliphatic carbocycles. The minimum atomic E-state index is 0.521. The highest BCUT2D eigenvalue weighted by molar-refractivity contribution is 4.76. The van der Waals surface area contributed by atoms with E-state index in [2.05, 4.69) is 24.2 Å². The van der Waals surface area contributed by atoms with Gasteiger partial charge in [-0.2, -0.15) is 0 Å². The molecule has 0 aromatic heterocycles. The molecule has 1 rings (SSSR count). The highest BCUT2D eigenvalue weighted by atomic mass is 16.5. The third-order valence-electron chi connectivity index (χ3n) is 3.81. The van der Waals surface area contributed by atoms with Gasteiger partial charge in [0.1, 0.15) is 0 Å². The van der Waals surface area contributed by atoms with E-state index in [1.807, 2.05) is 0 Å². The van der Waals surface area contributed by atoms with Crippen molar-refractivity contribution < 1.29 is 4.74 Å². The van der Waals surface area contributed by atoms with Crippen molar-refractivity contribution in [2.75, 3.05) is 40.4 Å². The third kappa shape index (κ3) is 5.84. The topological polar surface area (TPSA) is 24.5 Å². The van der Waals surface area contributed by atoms with E-state index in [9.17, 15) is 0 Å². The predicted octanol–water partition coefficient (Wildman–Crippen LogP) is 2.12. The van der Waals surface area contributed by atoms with Crippen LogP contribution in [0.4, 0.5) is 0 Å². The van der Waals surface area contributed by atoms with E-state index in [0.29, 0.717) is 6.04 Å². The molecule has 0 aromatic carbocycles. The van der Waals surface area contributed by atoms with Crippen molar-refractivity contribution in [3.63, 3.8) is 0 Å². The van der Waals surface area contributed by atoms with Crippen LogP contribution in [0.1, 0.15) is 39.0 Å². The summed E-state index contributed by atoms with van der Waals surface area (Å²) in [6.45, 7) is 6.44. The Bertz CT molecular complexity index is 181. The maximum absolute atomic E-state index is 5.34. The van der Waals surface area contributed by atoms with Gasteiger partial charge in [-0.15, -0.1) is 0 Å². The summed E-state index contributed by atoms with van der Waals surface area (Å²) < 4.78 is 5.34. The molecule has 1 unspecified atom stereocenters. The largest absolute Gasteiger partial charge is 0.383 e. The van der Waals surface area contributed by atoms with Crippen LogP contribution in [0.25, 0.3) is 0 Å². The first-order valence-electron chi connectivity index (χ1n) is 7.17. The van der Waals surface area contributed by atoms with Gasteiger partial charge in [-0.05, 0) is 38.8 Å². The maximum atomic E-state index is 5.34. The van der Waals surface area contributed by atoms with Crippen molar-refractivity contribution >= 4 is 0 Å². The highest BCUT2D eigenvalue weighted by Gasteiger charge is 2.21. The zero-order valence-corrected chi connectivity index (χ0v) is 11.9. The lowest BCUT2D eigenvalue weighted by atomic mass is 10.1. The minimum absolute atomic E-state index is 0.521. The molecule has 3 heteroatoms. The zero-order valence-electron chi connectivity index (χ0n) is 11.9. The number of rotatable bonds is 9. The number of hydrogen-bond acceptors (Lipinski definition) is 3. The fourth-order valence-corrected chi connectivity index (χ4v) is 2.73. The Labute approximate surface area is 107 Å². The average molecular weight is 242 g/mol. The molecule has 0 spiro atoms. The number of hydrogen-bond donors (Lipinski definition) is 1. The maximum Gasteiger partial charge on any atom is 0.0630 e. The monoisotopic (exact) mass is 242 g/mol. The van der Waals surface area contributed by atoms with Gasteiger partial charge in [-0.3, -0.25) is 4.90 Å². The SMILES string of the molecule is CCCNCC(COC)N(C)CC1CCCC1. The van der Waals surface area contributed by atoms with Gasteiger partial charge in [0, 0.05) is 26.2 Å². The lowest BCUT2D eigenvalue weighted by Gasteiger charge is -2.30. The van der Waals surface area contributed by atoms with Gasteiger partial charge in [0.2, 0.25) is 0 Å². The van der Waals surface area contributed by atoms with Crippen LogP contribution >= 0.6 is 0 Å². The lowest BCUT2D eigenvalue weighted by molar-refractivity contribution is 0.0959. The Morgan fingerprint density at radius 1 is 1.35 bits per heavy atom. The predicted molar refractivity (Wildman–Crippen MR) is 73.4 cm³/mol. The Morgan fingerprint density at radius 3 is 2.65 bits per heavy atom. The summed E-state index contributed by atoms with van der Waals surface area (Å²) in [5, 5.41) is 3.50. The number of nitrogens with one attached hydrogen (secondary N) is 1. The molecule has 1 saturated carbocycles. The molecule has 17 heavy (non-hydrogen) atoms.